The molecule has 2 aromatic rings. The molecule has 1 aromatic heterocycles. The van der Waals surface area contributed by atoms with Gasteiger partial charge in [-0.25, -0.2) is 18.2 Å². The van der Waals surface area contributed by atoms with Gasteiger partial charge >= 0.3 is 0 Å². The molecule has 5 nitrogen and oxygen atoms in total. The Morgan fingerprint density at radius 3 is 2.20 bits per heavy atom. The summed E-state index contributed by atoms with van der Waals surface area (Å²) in [5.41, 5.74) is 3.14. The number of aryl methyl sites for hydroxylation is 2. The van der Waals surface area contributed by atoms with Gasteiger partial charge in [0.05, 0.1) is 17.1 Å². The summed E-state index contributed by atoms with van der Waals surface area (Å²) in [6, 6.07) is 7.79. The molecule has 0 saturated heterocycles. The molecule has 0 amide bonds. The molecule has 0 aliphatic heterocycles. The summed E-state index contributed by atoms with van der Waals surface area (Å²) in [5.74, 6) is 0. The highest BCUT2D eigenvalue weighted by molar-refractivity contribution is 7.89. The standard InChI is InChI=1S/C14H19N3O2S/c1-4-12-14(20(15,18)19)13(5-2)17(16-12)11-8-6-10(3)7-9-11/h6-9H,4-5H2,1-3H3,(H2,15,18,19). The van der Waals surface area contributed by atoms with Crippen molar-refractivity contribution >= 4 is 10.0 Å². The predicted molar refractivity (Wildman–Crippen MR) is 78.4 cm³/mol. The number of aromatic nitrogens is 2. The minimum Gasteiger partial charge on any atom is -0.236 e. The van der Waals surface area contributed by atoms with Gasteiger partial charge in [0, 0.05) is 0 Å². The number of rotatable bonds is 4. The van der Waals surface area contributed by atoms with Crippen LogP contribution in [0.3, 0.4) is 0 Å². The van der Waals surface area contributed by atoms with E-state index >= 15 is 0 Å². The molecule has 0 bridgehead atoms. The maximum Gasteiger partial charge on any atom is 0.241 e. The summed E-state index contributed by atoms with van der Waals surface area (Å²) < 4.78 is 25.3. The van der Waals surface area contributed by atoms with Crippen LogP contribution in [0.15, 0.2) is 29.2 Å². The highest BCUT2D eigenvalue weighted by Crippen LogP contribution is 2.24. The lowest BCUT2D eigenvalue weighted by Crippen LogP contribution is -2.15. The molecule has 0 aliphatic carbocycles. The van der Waals surface area contributed by atoms with Crippen LogP contribution in [-0.2, 0) is 22.9 Å². The molecule has 2 rings (SSSR count). The maximum absolute atomic E-state index is 11.8. The smallest absolute Gasteiger partial charge is 0.236 e. The number of benzene rings is 1. The number of nitrogens with two attached hydrogens (primary N) is 1. The van der Waals surface area contributed by atoms with E-state index in [1.54, 1.807) is 4.68 Å². The van der Waals surface area contributed by atoms with Crippen molar-refractivity contribution in [2.75, 3.05) is 0 Å². The fourth-order valence-corrected chi connectivity index (χ4v) is 3.33. The highest BCUT2D eigenvalue weighted by atomic mass is 32.2. The molecule has 6 heteroatoms. The summed E-state index contributed by atoms with van der Waals surface area (Å²) in [5, 5.41) is 9.77. The minimum atomic E-state index is -3.77. The van der Waals surface area contributed by atoms with E-state index in [4.69, 9.17) is 5.14 Å². The van der Waals surface area contributed by atoms with E-state index in [0.717, 1.165) is 11.3 Å². The molecule has 0 unspecified atom stereocenters. The minimum absolute atomic E-state index is 0.170. The van der Waals surface area contributed by atoms with E-state index in [0.29, 0.717) is 24.2 Å². The van der Waals surface area contributed by atoms with Crippen LogP contribution in [0.4, 0.5) is 0 Å². The predicted octanol–water partition coefficient (Wildman–Crippen LogP) is 1.95. The zero-order valence-electron chi connectivity index (χ0n) is 11.9. The van der Waals surface area contributed by atoms with Crippen LogP contribution < -0.4 is 5.14 Å². The summed E-state index contributed by atoms with van der Waals surface area (Å²) in [6.45, 7) is 5.77. The maximum atomic E-state index is 11.8. The average molecular weight is 293 g/mol. The van der Waals surface area contributed by atoms with Crippen molar-refractivity contribution in [1.82, 2.24) is 9.78 Å². The second-order valence-electron chi connectivity index (χ2n) is 4.72. The molecule has 0 fully saturated rings. The second kappa shape index (κ2) is 5.38. The van der Waals surface area contributed by atoms with Gasteiger partial charge in [0.2, 0.25) is 10.0 Å². The molecule has 1 heterocycles. The number of sulfonamides is 1. The van der Waals surface area contributed by atoms with Crippen molar-refractivity contribution in [3.63, 3.8) is 0 Å². The fourth-order valence-electron chi connectivity index (χ4n) is 2.26. The van der Waals surface area contributed by atoms with Crippen LogP contribution >= 0.6 is 0 Å². The van der Waals surface area contributed by atoms with E-state index in [1.165, 1.54) is 0 Å². The lowest BCUT2D eigenvalue weighted by atomic mass is 10.2. The van der Waals surface area contributed by atoms with Crippen LogP contribution in [0.1, 0.15) is 30.8 Å². The molecule has 0 atom stereocenters. The number of hydrogen-bond acceptors (Lipinski definition) is 3. The molecule has 0 saturated carbocycles. The van der Waals surface area contributed by atoms with Gasteiger partial charge in [-0.1, -0.05) is 31.5 Å². The first kappa shape index (κ1) is 14.7. The molecule has 20 heavy (non-hydrogen) atoms. The van der Waals surface area contributed by atoms with Crippen LogP contribution in [-0.4, -0.2) is 18.2 Å². The Morgan fingerprint density at radius 1 is 1.15 bits per heavy atom. The van der Waals surface area contributed by atoms with E-state index in [9.17, 15) is 8.42 Å². The Hall–Kier alpha value is -1.66. The molecule has 108 valence electrons. The third-order valence-corrected chi connectivity index (χ3v) is 4.27. The van der Waals surface area contributed by atoms with E-state index in [2.05, 4.69) is 5.10 Å². The van der Waals surface area contributed by atoms with Crippen molar-refractivity contribution in [1.29, 1.82) is 0 Å². The van der Waals surface area contributed by atoms with Crippen molar-refractivity contribution in [2.45, 2.75) is 38.5 Å². The molecule has 1 aromatic carbocycles. The van der Waals surface area contributed by atoms with Gasteiger partial charge in [-0.15, -0.1) is 0 Å². The third kappa shape index (κ3) is 2.62. The zero-order chi connectivity index (χ0) is 14.9. The van der Waals surface area contributed by atoms with Gasteiger partial charge in [-0.2, -0.15) is 5.10 Å². The summed E-state index contributed by atoms with van der Waals surface area (Å²) in [6.07, 6.45) is 1.07. The number of hydrogen-bond donors (Lipinski definition) is 1. The summed E-state index contributed by atoms with van der Waals surface area (Å²) >= 11 is 0. The first-order chi connectivity index (χ1) is 9.38. The monoisotopic (exact) mass is 293 g/mol. The van der Waals surface area contributed by atoms with Gasteiger partial charge < -0.3 is 0 Å². The molecular weight excluding hydrogens is 274 g/mol. The quantitative estimate of drug-likeness (QED) is 0.936. The van der Waals surface area contributed by atoms with Crippen molar-refractivity contribution in [3.8, 4) is 5.69 Å². The Labute approximate surface area is 119 Å². The van der Waals surface area contributed by atoms with Gasteiger partial charge in [0.25, 0.3) is 0 Å². The first-order valence-corrected chi connectivity index (χ1v) is 8.13. The highest BCUT2D eigenvalue weighted by Gasteiger charge is 2.24. The average Bonchev–Trinajstić information content (AvgIpc) is 2.78. The van der Waals surface area contributed by atoms with Crippen molar-refractivity contribution in [2.24, 2.45) is 5.14 Å². The van der Waals surface area contributed by atoms with Crippen molar-refractivity contribution < 1.29 is 8.42 Å². The van der Waals surface area contributed by atoms with E-state index in [1.807, 2.05) is 45.0 Å². The molecular formula is C14H19N3O2S. The Kier molecular flexibility index (Phi) is 3.96. The molecule has 0 spiro atoms. The van der Waals surface area contributed by atoms with Gasteiger partial charge in [0.1, 0.15) is 4.90 Å². The van der Waals surface area contributed by atoms with Crippen LogP contribution in [0, 0.1) is 6.92 Å². The zero-order valence-corrected chi connectivity index (χ0v) is 12.7. The Bertz CT molecular complexity index is 716. The molecule has 2 N–H and O–H groups in total. The normalized spacial score (nSPS) is 11.8. The van der Waals surface area contributed by atoms with Crippen LogP contribution in [0.5, 0.6) is 0 Å². The lowest BCUT2D eigenvalue weighted by Gasteiger charge is -2.07. The van der Waals surface area contributed by atoms with E-state index < -0.39 is 10.0 Å². The number of nitrogens with zero attached hydrogens (tertiary/aromatic N) is 2. The number of primary sulfonamides is 1. The lowest BCUT2D eigenvalue weighted by molar-refractivity contribution is 0.595. The fraction of sp³-hybridized carbons (Fsp3) is 0.357. The topological polar surface area (TPSA) is 78.0 Å². The van der Waals surface area contributed by atoms with Gasteiger partial charge in [-0.05, 0) is 31.9 Å². The Morgan fingerprint density at radius 2 is 1.75 bits per heavy atom. The Balaban J connectivity index is 2.72. The van der Waals surface area contributed by atoms with Gasteiger partial charge in [-0.3, -0.25) is 0 Å². The third-order valence-electron chi connectivity index (χ3n) is 3.23. The largest absolute Gasteiger partial charge is 0.241 e. The second-order valence-corrected chi connectivity index (χ2v) is 6.22. The van der Waals surface area contributed by atoms with E-state index in [-0.39, 0.29) is 4.90 Å². The first-order valence-electron chi connectivity index (χ1n) is 6.59. The van der Waals surface area contributed by atoms with Crippen molar-refractivity contribution in [3.05, 3.63) is 41.2 Å². The summed E-state index contributed by atoms with van der Waals surface area (Å²) in [7, 11) is -3.77. The molecule has 0 radical (unpaired) electrons. The van der Waals surface area contributed by atoms with Crippen LogP contribution in [0.25, 0.3) is 5.69 Å². The molecule has 0 aliphatic rings. The summed E-state index contributed by atoms with van der Waals surface area (Å²) in [4.78, 5) is 0.170. The van der Waals surface area contributed by atoms with Gasteiger partial charge in [0.15, 0.2) is 0 Å². The SMILES string of the molecule is CCc1nn(-c2ccc(C)cc2)c(CC)c1S(N)(=O)=O. The van der Waals surface area contributed by atoms with Crippen LogP contribution in [0.2, 0.25) is 0 Å².